The highest BCUT2D eigenvalue weighted by Crippen LogP contribution is 2.39. The summed E-state index contributed by atoms with van der Waals surface area (Å²) in [5.74, 6) is 0.404. The zero-order valence-corrected chi connectivity index (χ0v) is 12.2. The lowest BCUT2D eigenvalue weighted by Crippen LogP contribution is -2.22. The summed E-state index contributed by atoms with van der Waals surface area (Å²) < 4.78 is 0. The van der Waals surface area contributed by atoms with E-state index >= 15 is 0 Å². The van der Waals surface area contributed by atoms with Crippen molar-refractivity contribution in [3.63, 3.8) is 0 Å². The molecule has 1 saturated heterocycles. The number of aliphatic hydroxyl groups excluding tert-OH is 2. The first kappa shape index (κ1) is 13.6. The average Bonchev–Trinajstić information content (AvgIpc) is 3.00. The van der Waals surface area contributed by atoms with Crippen LogP contribution in [-0.2, 0) is 0 Å². The van der Waals surface area contributed by atoms with Gasteiger partial charge < -0.3 is 25.8 Å². The standard InChI is InChI=1S/C14H14ClN5O2/c15-7-2-18-14-12(6-1-11(16)17-3-8(6)19-14)13(7)20-4-9(21)10(22)5-20/h1-3,9-10,21-22H,4-5H2,(H2,16,17)(H,18,19)/t9-,10-/m0/s1. The number of aliphatic hydroxyl groups is 2. The molecule has 0 radical (unpaired) electrons. The maximum absolute atomic E-state index is 9.81. The molecular formula is C14H14ClN5O2. The van der Waals surface area contributed by atoms with Gasteiger partial charge in [0, 0.05) is 18.5 Å². The summed E-state index contributed by atoms with van der Waals surface area (Å²) in [5.41, 5.74) is 7.99. The van der Waals surface area contributed by atoms with E-state index in [-0.39, 0.29) is 0 Å². The minimum atomic E-state index is -0.795. The van der Waals surface area contributed by atoms with Crippen LogP contribution in [0.2, 0.25) is 5.02 Å². The van der Waals surface area contributed by atoms with E-state index in [0.29, 0.717) is 29.6 Å². The quantitative estimate of drug-likeness (QED) is 0.530. The molecule has 2 atom stereocenters. The number of nitrogen functional groups attached to an aromatic ring is 1. The van der Waals surface area contributed by atoms with Gasteiger partial charge in [-0.25, -0.2) is 9.97 Å². The van der Waals surface area contributed by atoms with Gasteiger partial charge in [-0.2, -0.15) is 0 Å². The van der Waals surface area contributed by atoms with E-state index < -0.39 is 12.2 Å². The normalized spacial score (nSPS) is 22.0. The predicted molar refractivity (Wildman–Crippen MR) is 85.0 cm³/mol. The second-order valence-electron chi connectivity index (χ2n) is 5.50. The molecule has 4 rings (SSSR count). The van der Waals surface area contributed by atoms with E-state index in [1.165, 1.54) is 0 Å². The van der Waals surface area contributed by atoms with Crippen molar-refractivity contribution in [2.45, 2.75) is 12.2 Å². The first-order valence-electron chi connectivity index (χ1n) is 6.87. The van der Waals surface area contributed by atoms with Crippen LogP contribution in [0.4, 0.5) is 11.5 Å². The Morgan fingerprint density at radius 1 is 1.23 bits per heavy atom. The predicted octanol–water partition coefficient (Wildman–Crippen LogP) is 0.888. The number of anilines is 2. The molecular weight excluding hydrogens is 306 g/mol. The van der Waals surface area contributed by atoms with Crippen LogP contribution < -0.4 is 10.6 Å². The number of halogens is 1. The Kier molecular flexibility index (Phi) is 2.90. The fourth-order valence-corrected chi connectivity index (χ4v) is 3.26. The van der Waals surface area contributed by atoms with Gasteiger partial charge in [0.05, 0.1) is 46.2 Å². The Hall–Kier alpha value is -2.09. The topological polar surface area (TPSA) is 111 Å². The summed E-state index contributed by atoms with van der Waals surface area (Å²) in [6.45, 7) is 0.625. The van der Waals surface area contributed by atoms with Crippen LogP contribution in [0.25, 0.3) is 21.9 Å². The van der Waals surface area contributed by atoms with Gasteiger partial charge in [0.25, 0.3) is 0 Å². The fraction of sp³-hybridized carbons (Fsp3) is 0.286. The van der Waals surface area contributed by atoms with Crippen LogP contribution in [0.1, 0.15) is 0 Å². The molecule has 0 aliphatic carbocycles. The van der Waals surface area contributed by atoms with E-state index in [2.05, 4.69) is 15.0 Å². The number of rotatable bonds is 1. The lowest BCUT2D eigenvalue weighted by Gasteiger charge is -2.20. The molecule has 7 nitrogen and oxygen atoms in total. The number of nitrogens with two attached hydrogens (primary N) is 1. The summed E-state index contributed by atoms with van der Waals surface area (Å²) in [5, 5.41) is 21.8. The van der Waals surface area contributed by atoms with Crippen molar-refractivity contribution in [1.29, 1.82) is 0 Å². The number of aromatic amines is 1. The molecule has 0 saturated carbocycles. The van der Waals surface area contributed by atoms with Gasteiger partial charge in [0.1, 0.15) is 11.5 Å². The minimum absolute atomic E-state index is 0.313. The molecule has 114 valence electrons. The first-order chi connectivity index (χ1) is 10.5. The van der Waals surface area contributed by atoms with Gasteiger partial charge >= 0.3 is 0 Å². The molecule has 0 spiro atoms. The smallest absolute Gasteiger partial charge is 0.140 e. The van der Waals surface area contributed by atoms with Gasteiger partial charge in [-0.1, -0.05) is 11.6 Å². The molecule has 3 aromatic heterocycles. The molecule has 0 amide bonds. The van der Waals surface area contributed by atoms with Gasteiger partial charge in [-0.3, -0.25) is 0 Å². The summed E-state index contributed by atoms with van der Waals surface area (Å²) in [6, 6.07) is 1.76. The van der Waals surface area contributed by atoms with Crippen molar-refractivity contribution in [1.82, 2.24) is 15.0 Å². The van der Waals surface area contributed by atoms with Gasteiger partial charge in [0.15, 0.2) is 0 Å². The van der Waals surface area contributed by atoms with Crippen LogP contribution in [-0.4, -0.2) is 50.5 Å². The monoisotopic (exact) mass is 319 g/mol. The SMILES string of the molecule is Nc1cc2c(cn1)[nH]c1ncc(Cl)c(N3C[C@H](O)[C@@H](O)C3)c12. The van der Waals surface area contributed by atoms with Crippen molar-refractivity contribution >= 4 is 45.0 Å². The van der Waals surface area contributed by atoms with Gasteiger partial charge in [-0.15, -0.1) is 0 Å². The van der Waals surface area contributed by atoms with Crippen molar-refractivity contribution in [2.24, 2.45) is 0 Å². The zero-order valence-electron chi connectivity index (χ0n) is 11.5. The molecule has 22 heavy (non-hydrogen) atoms. The maximum atomic E-state index is 9.81. The third-order valence-corrected chi connectivity index (χ3v) is 4.31. The van der Waals surface area contributed by atoms with Crippen molar-refractivity contribution in [2.75, 3.05) is 23.7 Å². The number of nitrogens with one attached hydrogen (secondary N) is 1. The molecule has 5 N–H and O–H groups in total. The second kappa shape index (κ2) is 4.70. The highest BCUT2D eigenvalue weighted by molar-refractivity contribution is 6.35. The molecule has 4 heterocycles. The first-order valence-corrected chi connectivity index (χ1v) is 7.25. The highest BCUT2D eigenvalue weighted by atomic mass is 35.5. The Labute approximate surface area is 130 Å². The second-order valence-corrected chi connectivity index (χ2v) is 5.90. The third kappa shape index (κ3) is 1.90. The Morgan fingerprint density at radius 3 is 2.68 bits per heavy atom. The summed E-state index contributed by atoms with van der Waals surface area (Å²) >= 11 is 6.35. The molecule has 0 aromatic carbocycles. The maximum Gasteiger partial charge on any atom is 0.140 e. The molecule has 1 aliphatic heterocycles. The lowest BCUT2D eigenvalue weighted by atomic mass is 10.2. The number of aromatic nitrogens is 3. The van der Waals surface area contributed by atoms with Crippen LogP contribution in [0.5, 0.6) is 0 Å². The van der Waals surface area contributed by atoms with E-state index in [9.17, 15) is 10.2 Å². The van der Waals surface area contributed by atoms with Crippen LogP contribution in [0, 0.1) is 0 Å². The van der Waals surface area contributed by atoms with Crippen LogP contribution in [0.15, 0.2) is 18.5 Å². The molecule has 0 bridgehead atoms. The Morgan fingerprint density at radius 2 is 1.95 bits per heavy atom. The van der Waals surface area contributed by atoms with E-state index in [4.69, 9.17) is 17.3 Å². The fourth-order valence-electron chi connectivity index (χ4n) is 3.00. The van der Waals surface area contributed by atoms with Crippen LogP contribution >= 0.6 is 11.6 Å². The largest absolute Gasteiger partial charge is 0.389 e. The summed E-state index contributed by atoms with van der Waals surface area (Å²) in [6.07, 6.45) is 1.62. The number of pyridine rings is 2. The van der Waals surface area contributed by atoms with Crippen LogP contribution in [0.3, 0.4) is 0 Å². The zero-order chi connectivity index (χ0) is 15.4. The number of hydrogen-bond donors (Lipinski definition) is 4. The van der Waals surface area contributed by atoms with E-state index in [1.807, 2.05) is 4.90 Å². The molecule has 8 heteroatoms. The number of β-amino-alcohol motifs (C(OH)–C–C–N with tert-alkyl or cyclic N) is 2. The third-order valence-electron chi connectivity index (χ3n) is 4.03. The Balaban J connectivity index is 2.02. The molecule has 3 aromatic rings. The number of hydrogen-bond acceptors (Lipinski definition) is 6. The van der Waals surface area contributed by atoms with Gasteiger partial charge in [-0.05, 0) is 6.07 Å². The van der Waals surface area contributed by atoms with E-state index in [0.717, 1.165) is 22.0 Å². The van der Waals surface area contributed by atoms with Crippen molar-refractivity contribution in [3.8, 4) is 0 Å². The molecule has 1 fully saturated rings. The van der Waals surface area contributed by atoms with Crippen molar-refractivity contribution in [3.05, 3.63) is 23.5 Å². The lowest BCUT2D eigenvalue weighted by molar-refractivity contribution is 0.0572. The molecule has 1 aliphatic rings. The van der Waals surface area contributed by atoms with Crippen molar-refractivity contribution < 1.29 is 10.2 Å². The van der Waals surface area contributed by atoms with E-state index in [1.54, 1.807) is 18.5 Å². The highest BCUT2D eigenvalue weighted by Gasteiger charge is 2.32. The summed E-state index contributed by atoms with van der Waals surface area (Å²) in [7, 11) is 0. The minimum Gasteiger partial charge on any atom is -0.389 e. The Bertz CT molecular complexity index is 870. The molecule has 0 unspecified atom stereocenters. The number of fused-ring (bicyclic) bond motifs is 3. The number of nitrogens with zero attached hydrogens (tertiary/aromatic N) is 3. The number of H-pyrrole nitrogens is 1. The summed E-state index contributed by atoms with van der Waals surface area (Å²) in [4.78, 5) is 13.4. The van der Waals surface area contributed by atoms with Gasteiger partial charge in [0.2, 0.25) is 0 Å². The average molecular weight is 320 g/mol.